The summed E-state index contributed by atoms with van der Waals surface area (Å²) in [4.78, 5) is 0. The second-order valence-corrected chi connectivity index (χ2v) is 20.2. The standard InChI is InChI=1S/C71H48O2/c1-71(2,47-39-65(61-35-43-19-3-7-23-49(43)53-27-11-15-31-57(53)61)69(72)66(40-47)62-36-44-20-4-8-24-50(44)54-28-12-16-32-58(54)62)48-41-67(63-37-45-21-5-9-25-51(45)55-29-13-17-33-59(55)63)70(73)68(42-48)64-38-46-22-6-10-26-52(46)56-30-14-18-34-60(56)64/h3-42,72-73H,1-2H3. The van der Waals surface area contributed by atoms with Gasteiger partial charge in [0.15, 0.2) is 0 Å². The molecule has 14 aromatic carbocycles. The van der Waals surface area contributed by atoms with E-state index in [1.165, 1.54) is 21.5 Å². The summed E-state index contributed by atoms with van der Waals surface area (Å²) in [6.07, 6.45) is 0. The predicted octanol–water partition coefficient (Wildman–Crippen LogP) is 19.3. The van der Waals surface area contributed by atoms with E-state index in [-0.39, 0.29) is 11.5 Å². The first kappa shape index (κ1) is 42.6. The van der Waals surface area contributed by atoms with Crippen molar-refractivity contribution in [1.29, 1.82) is 0 Å². The number of benzene rings is 14. The van der Waals surface area contributed by atoms with Gasteiger partial charge in [0, 0.05) is 27.7 Å². The fourth-order valence-electron chi connectivity index (χ4n) is 12.1. The van der Waals surface area contributed by atoms with E-state index in [1.807, 2.05) is 0 Å². The number of aromatic hydroxyl groups is 2. The Balaban J connectivity index is 1.10. The lowest BCUT2D eigenvalue weighted by molar-refractivity contribution is 0.478. The van der Waals surface area contributed by atoms with Crippen molar-refractivity contribution in [2.24, 2.45) is 0 Å². The Bertz CT molecular complexity index is 4040. The molecule has 0 amide bonds. The van der Waals surface area contributed by atoms with Crippen molar-refractivity contribution in [3.63, 3.8) is 0 Å². The predicted molar refractivity (Wildman–Crippen MR) is 310 cm³/mol. The molecule has 0 aliphatic heterocycles. The van der Waals surface area contributed by atoms with Crippen molar-refractivity contribution in [2.75, 3.05) is 0 Å². The van der Waals surface area contributed by atoms with Crippen LogP contribution in [0.15, 0.2) is 243 Å². The summed E-state index contributed by atoms with van der Waals surface area (Å²) in [6, 6.07) is 86.3. The van der Waals surface area contributed by atoms with Crippen molar-refractivity contribution >= 4 is 86.2 Å². The van der Waals surface area contributed by atoms with E-state index in [1.54, 1.807) is 0 Å². The molecular formula is C71H48O2. The first-order chi connectivity index (χ1) is 35.8. The summed E-state index contributed by atoms with van der Waals surface area (Å²) in [5.41, 5.74) is 8.27. The molecule has 0 fully saturated rings. The summed E-state index contributed by atoms with van der Waals surface area (Å²) in [7, 11) is 0. The minimum absolute atomic E-state index is 0.234. The Labute approximate surface area is 423 Å². The molecule has 2 N–H and O–H groups in total. The van der Waals surface area contributed by atoms with Gasteiger partial charge in [0.25, 0.3) is 0 Å². The lowest BCUT2D eigenvalue weighted by Gasteiger charge is -2.30. The van der Waals surface area contributed by atoms with Crippen LogP contribution < -0.4 is 0 Å². The minimum Gasteiger partial charge on any atom is -0.507 e. The van der Waals surface area contributed by atoms with E-state index < -0.39 is 5.41 Å². The van der Waals surface area contributed by atoms with Crippen molar-refractivity contribution < 1.29 is 10.2 Å². The van der Waals surface area contributed by atoms with Gasteiger partial charge in [0.2, 0.25) is 0 Å². The molecule has 0 aliphatic carbocycles. The Kier molecular flexibility index (Phi) is 9.58. The highest BCUT2D eigenvalue weighted by Crippen LogP contribution is 2.52. The quantitative estimate of drug-likeness (QED) is 0.163. The average molecular weight is 933 g/mol. The summed E-state index contributed by atoms with van der Waals surface area (Å²) in [6.45, 7) is 4.59. The van der Waals surface area contributed by atoms with Gasteiger partial charge in [-0.2, -0.15) is 0 Å². The number of hydrogen-bond donors (Lipinski definition) is 2. The summed E-state index contributed by atoms with van der Waals surface area (Å²) < 4.78 is 0. The van der Waals surface area contributed by atoms with Crippen LogP contribution >= 0.6 is 0 Å². The fraction of sp³-hybridized carbons (Fsp3) is 0.0423. The first-order valence-corrected chi connectivity index (χ1v) is 25.2. The van der Waals surface area contributed by atoms with Crippen LogP contribution in [0.3, 0.4) is 0 Å². The molecule has 0 spiro atoms. The van der Waals surface area contributed by atoms with Crippen molar-refractivity contribution in [1.82, 2.24) is 0 Å². The fourth-order valence-corrected chi connectivity index (χ4v) is 12.1. The molecule has 73 heavy (non-hydrogen) atoms. The zero-order chi connectivity index (χ0) is 49.0. The van der Waals surface area contributed by atoms with Crippen LogP contribution in [0, 0.1) is 0 Å². The normalized spacial score (nSPS) is 12.1. The van der Waals surface area contributed by atoms with E-state index >= 15 is 0 Å². The molecule has 0 saturated carbocycles. The summed E-state index contributed by atoms with van der Waals surface area (Å²) in [5, 5.41) is 44.3. The number of hydrogen-bond acceptors (Lipinski definition) is 2. The van der Waals surface area contributed by atoms with Crippen molar-refractivity contribution in [3.05, 3.63) is 254 Å². The van der Waals surface area contributed by atoms with Crippen LogP contribution in [0.4, 0.5) is 0 Å². The number of phenols is 2. The van der Waals surface area contributed by atoms with Crippen molar-refractivity contribution in [3.8, 4) is 56.0 Å². The third-order valence-electron chi connectivity index (χ3n) is 15.9. The van der Waals surface area contributed by atoms with E-state index in [2.05, 4.69) is 257 Å². The molecule has 0 radical (unpaired) electrons. The molecule has 0 aliphatic rings. The molecule has 14 rings (SSSR count). The maximum atomic E-state index is 13.2. The third-order valence-corrected chi connectivity index (χ3v) is 15.9. The summed E-state index contributed by atoms with van der Waals surface area (Å²) >= 11 is 0. The number of rotatable bonds is 6. The average Bonchev–Trinajstić information content (AvgIpc) is 3.44. The van der Waals surface area contributed by atoms with Gasteiger partial charge in [-0.25, -0.2) is 0 Å². The van der Waals surface area contributed by atoms with Gasteiger partial charge < -0.3 is 10.2 Å². The highest BCUT2D eigenvalue weighted by molar-refractivity contribution is 6.19. The first-order valence-electron chi connectivity index (χ1n) is 25.2. The topological polar surface area (TPSA) is 40.5 Å². The molecule has 344 valence electrons. The van der Waals surface area contributed by atoms with Crippen LogP contribution in [0.2, 0.25) is 0 Å². The molecule has 0 bridgehead atoms. The summed E-state index contributed by atoms with van der Waals surface area (Å²) in [5.74, 6) is 0.468. The smallest absolute Gasteiger partial charge is 0.131 e. The second-order valence-electron chi connectivity index (χ2n) is 20.2. The Morgan fingerprint density at radius 2 is 0.411 bits per heavy atom. The van der Waals surface area contributed by atoms with Gasteiger partial charge in [-0.1, -0.05) is 208 Å². The Hall–Kier alpha value is -9.24. The molecule has 0 saturated heterocycles. The zero-order valence-corrected chi connectivity index (χ0v) is 40.5. The van der Waals surface area contributed by atoms with Crippen LogP contribution in [-0.2, 0) is 5.41 Å². The Morgan fingerprint density at radius 1 is 0.219 bits per heavy atom. The number of fused-ring (bicyclic) bond motifs is 12. The third kappa shape index (κ3) is 6.64. The van der Waals surface area contributed by atoms with Gasteiger partial charge in [-0.15, -0.1) is 0 Å². The monoisotopic (exact) mass is 932 g/mol. The highest BCUT2D eigenvalue weighted by atomic mass is 16.3. The zero-order valence-electron chi connectivity index (χ0n) is 40.5. The van der Waals surface area contributed by atoms with Gasteiger partial charge in [0.05, 0.1) is 0 Å². The van der Waals surface area contributed by atoms with Gasteiger partial charge >= 0.3 is 0 Å². The van der Waals surface area contributed by atoms with Crippen LogP contribution in [0.1, 0.15) is 25.0 Å². The molecule has 0 atom stereocenters. The molecule has 0 heterocycles. The minimum atomic E-state index is -0.701. The largest absolute Gasteiger partial charge is 0.507 e. The van der Waals surface area contributed by atoms with Crippen LogP contribution in [0.25, 0.3) is 131 Å². The van der Waals surface area contributed by atoms with Crippen LogP contribution in [-0.4, -0.2) is 10.2 Å². The molecular weight excluding hydrogens is 885 g/mol. The maximum absolute atomic E-state index is 13.2. The SMILES string of the molecule is CC(C)(c1cc(-c2cc3ccccc3c3ccccc23)c(O)c(-c2cc3ccccc3c3ccccc23)c1)c1cc(-c2cc3ccccc3c3ccccc23)c(O)c(-c2cc3ccccc3c3ccccc23)c1. The molecule has 2 nitrogen and oxygen atoms in total. The second kappa shape index (κ2) is 16.4. The number of phenolic OH excluding ortho intramolecular Hbond substituents is 2. The van der Waals surface area contributed by atoms with Gasteiger partial charge in [-0.3, -0.25) is 0 Å². The van der Waals surface area contributed by atoms with E-state index in [9.17, 15) is 10.2 Å². The maximum Gasteiger partial charge on any atom is 0.131 e. The lowest BCUT2D eigenvalue weighted by Crippen LogP contribution is -2.19. The van der Waals surface area contributed by atoms with Crippen LogP contribution in [0.5, 0.6) is 11.5 Å². The molecule has 14 aromatic rings. The molecule has 2 heteroatoms. The molecule has 0 aromatic heterocycles. The van der Waals surface area contributed by atoms with Gasteiger partial charge in [0.1, 0.15) is 11.5 Å². The lowest BCUT2D eigenvalue weighted by atomic mass is 9.73. The van der Waals surface area contributed by atoms with Gasteiger partial charge in [-0.05, 0) is 168 Å². The highest BCUT2D eigenvalue weighted by Gasteiger charge is 2.31. The van der Waals surface area contributed by atoms with Crippen molar-refractivity contribution in [2.45, 2.75) is 19.3 Å². The Morgan fingerprint density at radius 3 is 0.644 bits per heavy atom. The van der Waals surface area contributed by atoms with E-state index in [0.29, 0.717) is 0 Å². The van der Waals surface area contributed by atoms with E-state index in [4.69, 9.17) is 0 Å². The molecule has 0 unspecified atom stereocenters. The van der Waals surface area contributed by atoms with E-state index in [0.717, 1.165) is 120 Å².